The van der Waals surface area contributed by atoms with E-state index in [9.17, 15) is 9.90 Å². The zero-order chi connectivity index (χ0) is 10.2. The number of amides is 1. The van der Waals surface area contributed by atoms with Crippen LogP contribution in [0.2, 0.25) is 0 Å². The van der Waals surface area contributed by atoms with Crippen molar-refractivity contribution in [3.8, 4) is 0 Å². The third kappa shape index (κ3) is 1.77. The highest BCUT2D eigenvalue weighted by Crippen LogP contribution is 2.23. The molecule has 0 aromatic heterocycles. The highest BCUT2D eigenvalue weighted by molar-refractivity contribution is 5.79. The van der Waals surface area contributed by atoms with Crippen LogP contribution in [-0.4, -0.2) is 59.1 Å². The SMILES string of the molecule is CCC1(O)CN(CC(=O)N2CCC2)C1. The van der Waals surface area contributed by atoms with E-state index in [1.54, 1.807) is 0 Å². The summed E-state index contributed by atoms with van der Waals surface area (Å²) in [6.45, 7) is 5.62. The number of rotatable bonds is 3. The van der Waals surface area contributed by atoms with Crippen molar-refractivity contribution in [1.82, 2.24) is 9.80 Å². The molecule has 2 aliphatic heterocycles. The van der Waals surface area contributed by atoms with E-state index in [0.29, 0.717) is 19.6 Å². The van der Waals surface area contributed by atoms with Gasteiger partial charge in [-0.25, -0.2) is 0 Å². The minimum atomic E-state index is -0.519. The van der Waals surface area contributed by atoms with Crippen LogP contribution < -0.4 is 0 Å². The molecule has 2 rings (SSSR count). The van der Waals surface area contributed by atoms with Gasteiger partial charge in [0.2, 0.25) is 5.91 Å². The monoisotopic (exact) mass is 198 g/mol. The zero-order valence-corrected chi connectivity index (χ0v) is 8.70. The first-order valence-corrected chi connectivity index (χ1v) is 5.35. The lowest BCUT2D eigenvalue weighted by molar-refractivity contribution is -0.145. The molecule has 0 unspecified atom stereocenters. The van der Waals surface area contributed by atoms with Gasteiger partial charge in [0.25, 0.3) is 0 Å². The Bertz CT molecular complexity index is 232. The van der Waals surface area contributed by atoms with Crippen molar-refractivity contribution in [2.75, 3.05) is 32.7 Å². The van der Waals surface area contributed by atoms with Gasteiger partial charge < -0.3 is 10.0 Å². The van der Waals surface area contributed by atoms with Crippen LogP contribution in [0.25, 0.3) is 0 Å². The maximum atomic E-state index is 11.5. The molecule has 2 fully saturated rings. The molecule has 0 saturated carbocycles. The van der Waals surface area contributed by atoms with Crippen LogP contribution in [-0.2, 0) is 4.79 Å². The number of carbonyl (C=O) groups excluding carboxylic acids is 1. The van der Waals surface area contributed by atoms with Crippen LogP contribution in [0.3, 0.4) is 0 Å². The zero-order valence-electron chi connectivity index (χ0n) is 8.70. The second kappa shape index (κ2) is 3.51. The number of nitrogens with zero attached hydrogens (tertiary/aromatic N) is 2. The van der Waals surface area contributed by atoms with Gasteiger partial charge in [0, 0.05) is 26.2 Å². The molecule has 14 heavy (non-hydrogen) atoms. The molecule has 0 radical (unpaired) electrons. The van der Waals surface area contributed by atoms with Gasteiger partial charge in [-0.1, -0.05) is 6.92 Å². The van der Waals surface area contributed by atoms with E-state index in [-0.39, 0.29) is 5.91 Å². The van der Waals surface area contributed by atoms with Gasteiger partial charge in [-0.15, -0.1) is 0 Å². The van der Waals surface area contributed by atoms with E-state index in [0.717, 1.165) is 25.9 Å². The third-order valence-electron chi connectivity index (χ3n) is 3.26. The molecule has 0 spiro atoms. The van der Waals surface area contributed by atoms with Crippen molar-refractivity contribution in [2.45, 2.75) is 25.4 Å². The predicted octanol–water partition coefficient (Wildman–Crippen LogP) is -0.325. The Morgan fingerprint density at radius 3 is 2.50 bits per heavy atom. The summed E-state index contributed by atoms with van der Waals surface area (Å²) in [4.78, 5) is 15.4. The molecule has 2 aliphatic rings. The minimum Gasteiger partial charge on any atom is -0.387 e. The van der Waals surface area contributed by atoms with E-state index in [1.807, 2.05) is 16.7 Å². The second-order valence-corrected chi connectivity index (χ2v) is 4.46. The van der Waals surface area contributed by atoms with Crippen molar-refractivity contribution in [1.29, 1.82) is 0 Å². The van der Waals surface area contributed by atoms with E-state index in [2.05, 4.69) is 0 Å². The molecule has 2 saturated heterocycles. The van der Waals surface area contributed by atoms with Gasteiger partial charge in [0.15, 0.2) is 0 Å². The first-order valence-electron chi connectivity index (χ1n) is 5.35. The Kier molecular flexibility index (Phi) is 2.49. The second-order valence-electron chi connectivity index (χ2n) is 4.46. The van der Waals surface area contributed by atoms with Crippen molar-refractivity contribution in [3.63, 3.8) is 0 Å². The molecule has 1 N–H and O–H groups in total. The van der Waals surface area contributed by atoms with E-state index in [4.69, 9.17) is 0 Å². The average Bonchev–Trinajstić information content (AvgIpc) is 1.97. The summed E-state index contributed by atoms with van der Waals surface area (Å²) in [6.07, 6.45) is 1.92. The lowest BCUT2D eigenvalue weighted by Crippen LogP contribution is -2.63. The molecule has 0 aliphatic carbocycles. The number of hydrogen-bond donors (Lipinski definition) is 1. The molecule has 0 aromatic carbocycles. The van der Waals surface area contributed by atoms with E-state index in [1.165, 1.54) is 0 Å². The summed E-state index contributed by atoms with van der Waals surface area (Å²) in [5.41, 5.74) is -0.519. The fraction of sp³-hybridized carbons (Fsp3) is 0.900. The maximum Gasteiger partial charge on any atom is 0.236 e. The molecular formula is C10H18N2O2. The number of aliphatic hydroxyl groups is 1. The predicted molar refractivity (Wildman–Crippen MR) is 52.9 cm³/mol. The lowest BCUT2D eigenvalue weighted by Gasteiger charge is -2.46. The van der Waals surface area contributed by atoms with Gasteiger partial charge in [0.1, 0.15) is 0 Å². The summed E-state index contributed by atoms with van der Waals surface area (Å²) in [5.74, 6) is 0.217. The molecule has 4 heteroatoms. The Labute approximate surface area is 84.5 Å². The smallest absolute Gasteiger partial charge is 0.236 e. The number of likely N-dealkylation sites (tertiary alicyclic amines) is 2. The first-order chi connectivity index (χ1) is 6.63. The topological polar surface area (TPSA) is 43.8 Å². The molecule has 2 heterocycles. The van der Waals surface area contributed by atoms with Gasteiger partial charge in [-0.2, -0.15) is 0 Å². The van der Waals surface area contributed by atoms with Crippen LogP contribution in [0.5, 0.6) is 0 Å². The van der Waals surface area contributed by atoms with E-state index < -0.39 is 5.60 Å². The molecule has 0 bridgehead atoms. The standard InChI is InChI=1S/C10H18N2O2/c1-2-10(14)7-11(8-10)6-9(13)12-4-3-5-12/h14H,2-8H2,1H3. The molecule has 4 nitrogen and oxygen atoms in total. The van der Waals surface area contributed by atoms with Crippen LogP contribution >= 0.6 is 0 Å². The van der Waals surface area contributed by atoms with Crippen LogP contribution in [0, 0.1) is 0 Å². The molecule has 1 amide bonds. The fourth-order valence-electron chi connectivity index (χ4n) is 1.98. The minimum absolute atomic E-state index is 0.217. The molecule has 0 atom stereocenters. The van der Waals surface area contributed by atoms with Gasteiger partial charge >= 0.3 is 0 Å². The van der Waals surface area contributed by atoms with Crippen LogP contribution in [0.15, 0.2) is 0 Å². The van der Waals surface area contributed by atoms with Crippen LogP contribution in [0.1, 0.15) is 19.8 Å². The van der Waals surface area contributed by atoms with E-state index >= 15 is 0 Å². The number of carbonyl (C=O) groups is 1. The molecule has 80 valence electrons. The number of β-amino-alcohol motifs (C(OH)–C–C–N with tert-alkyl or cyclic N) is 1. The Morgan fingerprint density at radius 1 is 1.43 bits per heavy atom. The average molecular weight is 198 g/mol. The summed E-state index contributed by atoms with van der Waals surface area (Å²) in [5, 5.41) is 9.75. The van der Waals surface area contributed by atoms with Crippen molar-refractivity contribution < 1.29 is 9.90 Å². The van der Waals surface area contributed by atoms with Gasteiger partial charge in [-0.3, -0.25) is 9.69 Å². The Hall–Kier alpha value is -0.610. The molecule has 0 aromatic rings. The van der Waals surface area contributed by atoms with Gasteiger partial charge in [0.05, 0.1) is 12.1 Å². The fourth-order valence-corrected chi connectivity index (χ4v) is 1.98. The summed E-state index contributed by atoms with van der Waals surface area (Å²) < 4.78 is 0. The largest absolute Gasteiger partial charge is 0.387 e. The summed E-state index contributed by atoms with van der Waals surface area (Å²) in [7, 11) is 0. The van der Waals surface area contributed by atoms with Gasteiger partial charge in [-0.05, 0) is 12.8 Å². The number of hydrogen-bond acceptors (Lipinski definition) is 3. The Morgan fingerprint density at radius 2 is 2.07 bits per heavy atom. The summed E-state index contributed by atoms with van der Waals surface area (Å²) >= 11 is 0. The van der Waals surface area contributed by atoms with Crippen molar-refractivity contribution in [2.24, 2.45) is 0 Å². The van der Waals surface area contributed by atoms with Crippen molar-refractivity contribution in [3.05, 3.63) is 0 Å². The highest BCUT2D eigenvalue weighted by Gasteiger charge is 2.40. The van der Waals surface area contributed by atoms with Crippen molar-refractivity contribution >= 4 is 5.91 Å². The Balaban J connectivity index is 1.70. The first kappa shape index (κ1) is 9.93. The normalized spacial score (nSPS) is 25.4. The third-order valence-corrected chi connectivity index (χ3v) is 3.26. The summed E-state index contributed by atoms with van der Waals surface area (Å²) in [6, 6.07) is 0. The molecular weight excluding hydrogens is 180 g/mol. The van der Waals surface area contributed by atoms with Crippen LogP contribution in [0.4, 0.5) is 0 Å². The quantitative estimate of drug-likeness (QED) is 0.675. The lowest BCUT2D eigenvalue weighted by atomic mass is 9.91. The highest BCUT2D eigenvalue weighted by atomic mass is 16.3. The maximum absolute atomic E-state index is 11.5.